The Bertz CT molecular complexity index is 887. The zero-order chi connectivity index (χ0) is 18.4. The molecule has 6 heteroatoms. The molecule has 1 amide bonds. The molecule has 4 rings (SSSR count). The number of benzodiazepines with no additional fused rings is 1. The molecule has 2 aromatic carbocycles. The van der Waals surface area contributed by atoms with Crippen LogP contribution in [0.25, 0.3) is 0 Å². The maximum absolute atomic E-state index is 12.0. The molecule has 0 saturated carbocycles. The van der Waals surface area contributed by atoms with Crippen molar-refractivity contribution in [3.63, 3.8) is 0 Å². The van der Waals surface area contributed by atoms with Gasteiger partial charge in [0.2, 0.25) is 5.91 Å². The summed E-state index contributed by atoms with van der Waals surface area (Å²) >= 11 is 6.11. The fourth-order valence-electron chi connectivity index (χ4n) is 2.56. The molecule has 0 aliphatic carbocycles. The smallest absolute Gasteiger partial charge is 0.248 e. The molecule has 5 nitrogen and oxygen atoms in total. The SMILES string of the molecule is CN1C(=O)CN=C(c2ccccc2)c2cc(Cl)ccc21.c1cnccn1. The van der Waals surface area contributed by atoms with Crippen LogP contribution in [0.1, 0.15) is 11.1 Å². The second-order valence-electron chi connectivity index (χ2n) is 5.54. The van der Waals surface area contributed by atoms with Crippen molar-refractivity contribution in [3.8, 4) is 0 Å². The Hall–Kier alpha value is -3.05. The molecule has 0 saturated heterocycles. The van der Waals surface area contributed by atoms with Crippen molar-refractivity contribution >= 4 is 28.9 Å². The Kier molecular flexibility index (Phi) is 5.71. The van der Waals surface area contributed by atoms with Crippen LogP contribution < -0.4 is 4.90 Å². The van der Waals surface area contributed by atoms with Crippen LogP contribution in [0.2, 0.25) is 5.02 Å². The van der Waals surface area contributed by atoms with E-state index in [0.717, 1.165) is 22.5 Å². The van der Waals surface area contributed by atoms with E-state index in [1.807, 2.05) is 42.5 Å². The van der Waals surface area contributed by atoms with Crippen molar-refractivity contribution in [2.24, 2.45) is 4.99 Å². The van der Waals surface area contributed by atoms with Gasteiger partial charge < -0.3 is 4.90 Å². The highest BCUT2D eigenvalue weighted by molar-refractivity contribution is 6.32. The van der Waals surface area contributed by atoms with Crippen LogP contribution >= 0.6 is 11.6 Å². The second-order valence-corrected chi connectivity index (χ2v) is 5.98. The largest absolute Gasteiger partial charge is 0.313 e. The lowest BCUT2D eigenvalue weighted by molar-refractivity contribution is -0.116. The van der Waals surface area contributed by atoms with Gasteiger partial charge in [-0.15, -0.1) is 0 Å². The standard InChI is InChI=1S/C16H13ClN2O.C4H4N2/c1-19-14-8-7-12(17)9-13(14)16(18-10-15(19)20)11-5-3-2-4-6-11;1-2-6-4-3-5-1/h2-9H,10H2,1H3;1-4H. The minimum Gasteiger partial charge on any atom is -0.313 e. The third kappa shape index (κ3) is 4.13. The highest BCUT2D eigenvalue weighted by Gasteiger charge is 2.22. The van der Waals surface area contributed by atoms with Crippen LogP contribution in [0.15, 0.2) is 78.3 Å². The molecule has 0 unspecified atom stereocenters. The summed E-state index contributed by atoms with van der Waals surface area (Å²) in [5, 5.41) is 0.634. The van der Waals surface area contributed by atoms with Gasteiger partial charge in [0.05, 0.1) is 11.4 Å². The predicted molar refractivity (Wildman–Crippen MR) is 104 cm³/mol. The molecule has 1 aliphatic heterocycles. The van der Waals surface area contributed by atoms with Crippen LogP contribution in [0, 0.1) is 0 Å². The summed E-state index contributed by atoms with van der Waals surface area (Å²) in [5.74, 6) is -0.0282. The van der Waals surface area contributed by atoms with Crippen LogP contribution in [-0.4, -0.2) is 35.2 Å². The number of nitrogens with zero attached hydrogens (tertiary/aromatic N) is 4. The van der Waals surface area contributed by atoms with E-state index in [4.69, 9.17) is 11.6 Å². The van der Waals surface area contributed by atoms with Gasteiger partial charge in [-0.3, -0.25) is 19.8 Å². The molecule has 26 heavy (non-hydrogen) atoms. The van der Waals surface area contributed by atoms with Crippen LogP contribution in [0.3, 0.4) is 0 Å². The van der Waals surface area contributed by atoms with E-state index in [2.05, 4.69) is 15.0 Å². The number of hydrogen-bond donors (Lipinski definition) is 0. The summed E-state index contributed by atoms with van der Waals surface area (Å²) in [6.07, 6.45) is 6.56. The zero-order valence-corrected chi connectivity index (χ0v) is 15.0. The number of aliphatic imine (C=N–C) groups is 1. The highest BCUT2D eigenvalue weighted by atomic mass is 35.5. The Morgan fingerprint density at radius 2 is 1.62 bits per heavy atom. The van der Waals surface area contributed by atoms with Crippen molar-refractivity contribution < 1.29 is 4.79 Å². The maximum Gasteiger partial charge on any atom is 0.248 e. The Labute approximate surface area is 157 Å². The van der Waals surface area contributed by atoms with Gasteiger partial charge in [-0.2, -0.15) is 0 Å². The molecule has 0 radical (unpaired) electrons. The third-order valence-corrected chi connectivity index (χ3v) is 4.08. The van der Waals surface area contributed by atoms with Gasteiger partial charge in [-0.1, -0.05) is 41.9 Å². The van der Waals surface area contributed by atoms with E-state index in [0.29, 0.717) is 5.02 Å². The van der Waals surface area contributed by atoms with E-state index in [1.54, 1.807) is 42.8 Å². The van der Waals surface area contributed by atoms with Crippen molar-refractivity contribution in [2.45, 2.75) is 0 Å². The Morgan fingerprint density at radius 3 is 2.23 bits per heavy atom. The maximum atomic E-state index is 12.0. The van der Waals surface area contributed by atoms with E-state index in [1.165, 1.54) is 0 Å². The summed E-state index contributed by atoms with van der Waals surface area (Å²) in [5.41, 5.74) is 3.51. The van der Waals surface area contributed by atoms with Gasteiger partial charge in [0, 0.05) is 48.0 Å². The first kappa shape index (κ1) is 17.8. The van der Waals surface area contributed by atoms with Gasteiger partial charge in [-0.05, 0) is 18.2 Å². The summed E-state index contributed by atoms with van der Waals surface area (Å²) < 4.78 is 0. The number of aromatic nitrogens is 2. The highest BCUT2D eigenvalue weighted by Crippen LogP contribution is 2.28. The molecule has 3 aromatic rings. The number of carbonyl (C=O) groups excluding carboxylic acids is 1. The molecular weight excluding hydrogens is 348 g/mol. The third-order valence-electron chi connectivity index (χ3n) is 3.85. The summed E-state index contributed by atoms with van der Waals surface area (Å²) in [4.78, 5) is 25.6. The van der Waals surface area contributed by atoms with E-state index in [9.17, 15) is 4.79 Å². The average molecular weight is 365 g/mol. The fourth-order valence-corrected chi connectivity index (χ4v) is 2.73. The number of anilines is 1. The molecule has 0 bridgehead atoms. The predicted octanol–water partition coefficient (Wildman–Crippen LogP) is 3.63. The molecular formula is C20H17ClN4O. The minimum atomic E-state index is -0.0282. The van der Waals surface area contributed by atoms with Gasteiger partial charge >= 0.3 is 0 Å². The Morgan fingerprint density at radius 1 is 0.962 bits per heavy atom. The van der Waals surface area contributed by atoms with Gasteiger partial charge in [0.1, 0.15) is 6.54 Å². The number of amides is 1. The zero-order valence-electron chi connectivity index (χ0n) is 14.2. The molecule has 0 spiro atoms. The lowest BCUT2D eigenvalue weighted by Crippen LogP contribution is -2.27. The van der Waals surface area contributed by atoms with Crippen molar-refractivity contribution in [1.82, 2.24) is 9.97 Å². The van der Waals surface area contributed by atoms with Crippen LogP contribution in [0.4, 0.5) is 5.69 Å². The van der Waals surface area contributed by atoms with Gasteiger partial charge in [0.25, 0.3) is 0 Å². The number of hydrogen-bond acceptors (Lipinski definition) is 4. The van der Waals surface area contributed by atoms with Crippen molar-refractivity contribution in [2.75, 3.05) is 18.5 Å². The lowest BCUT2D eigenvalue weighted by atomic mass is 10.0. The van der Waals surface area contributed by atoms with E-state index >= 15 is 0 Å². The van der Waals surface area contributed by atoms with Crippen molar-refractivity contribution in [3.05, 3.63) is 89.5 Å². The van der Waals surface area contributed by atoms with Gasteiger partial charge in [-0.25, -0.2) is 0 Å². The van der Waals surface area contributed by atoms with Gasteiger partial charge in [0.15, 0.2) is 0 Å². The average Bonchev–Trinajstić information content (AvgIpc) is 2.81. The number of halogens is 1. The van der Waals surface area contributed by atoms with Crippen LogP contribution in [0.5, 0.6) is 0 Å². The normalized spacial score (nSPS) is 13.1. The molecule has 1 aliphatic rings. The summed E-state index contributed by atoms with van der Waals surface area (Å²) in [6, 6.07) is 15.3. The van der Waals surface area contributed by atoms with Crippen LogP contribution in [-0.2, 0) is 4.79 Å². The topological polar surface area (TPSA) is 58.5 Å². The van der Waals surface area contributed by atoms with Crippen molar-refractivity contribution in [1.29, 1.82) is 0 Å². The first-order valence-electron chi connectivity index (χ1n) is 8.03. The summed E-state index contributed by atoms with van der Waals surface area (Å²) in [7, 11) is 1.76. The fraction of sp³-hybridized carbons (Fsp3) is 0.100. The monoisotopic (exact) mass is 364 g/mol. The Balaban J connectivity index is 0.000000278. The first-order chi connectivity index (χ1) is 12.7. The quantitative estimate of drug-likeness (QED) is 0.662. The number of carbonyl (C=O) groups is 1. The number of rotatable bonds is 1. The van der Waals surface area contributed by atoms with E-state index in [-0.39, 0.29) is 12.5 Å². The number of fused-ring (bicyclic) bond motifs is 1. The summed E-state index contributed by atoms with van der Waals surface area (Å²) in [6.45, 7) is 0.146. The molecule has 1 aromatic heterocycles. The minimum absolute atomic E-state index is 0.0282. The molecule has 130 valence electrons. The number of benzene rings is 2. The molecule has 0 atom stereocenters. The molecule has 0 N–H and O–H groups in total. The van der Waals surface area contributed by atoms with E-state index < -0.39 is 0 Å². The first-order valence-corrected chi connectivity index (χ1v) is 8.41. The molecule has 2 heterocycles. The lowest BCUT2D eigenvalue weighted by Gasteiger charge is -2.18. The second kappa shape index (κ2) is 8.36. The number of likely N-dealkylation sites (N-methyl/N-ethyl adjacent to an activating group) is 1. The molecule has 0 fully saturated rings.